The molecule has 0 unspecified atom stereocenters. The van der Waals surface area contributed by atoms with Crippen LogP contribution in [0.2, 0.25) is 5.02 Å². The van der Waals surface area contributed by atoms with E-state index in [1.807, 2.05) is 6.07 Å². The highest BCUT2D eigenvalue weighted by Crippen LogP contribution is 2.35. The summed E-state index contributed by atoms with van der Waals surface area (Å²) in [7, 11) is 0. The van der Waals surface area contributed by atoms with Crippen LogP contribution in [0.25, 0.3) is 0 Å². The first kappa shape index (κ1) is 14.7. The summed E-state index contributed by atoms with van der Waals surface area (Å²) in [4.78, 5) is 2.59. The number of rotatable bonds is 8. The Morgan fingerprint density at radius 3 is 2.74 bits per heavy atom. The second-order valence-corrected chi connectivity index (χ2v) is 5.77. The summed E-state index contributed by atoms with van der Waals surface area (Å²) in [6, 6.07) is 7.09. The zero-order valence-corrected chi connectivity index (χ0v) is 12.8. The molecule has 1 aromatic rings. The van der Waals surface area contributed by atoms with Gasteiger partial charge in [-0.1, -0.05) is 31.9 Å². The van der Waals surface area contributed by atoms with Crippen molar-refractivity contribution >= 4 is 17.3 Å². The molecule has 3 heteroatoms. The maximum Gasteiger partial charge on any atom is 0.0415 e. The van der Waals surface area contributed by atoms with Crippen molar-refractivity contribution in [2.24, 2.45) is 0 Å². The first-order valence-electron chi connectivity index (χ1n) is 7.52. The van der Waals surface area contributed by atoms with Gasteiger partial charge in [-0.25, -0.2) is 0 Å². The fourth-order valence-corrected chi connectivity index (χ4v) is 2.64. The third-order valence-corrected chi connectivity index (χ3v) is 3.89. The molecule has 1 aliphatic carbocycles. The molecular formula is C16H25ClN2. The topological polar surface area (TPSA) is 15.3 Å². The number of halogens is 1. The second-order valence-electron chi connectivity index (χ2n) is 5.33. The van der Waals surface area contributed by atoms with Crippen LogP contribution in [0.3, 0.4) is 0 Å². The van der Waals surface area contributed by atoms with Gasteiger partial charge in [0, 0.05) is 29.8 Å². The van der Waals surface area contributed by atoms with Gasteiger partial charge in [-0.3, -0.25) is 0 Å². The molecule has 0 saturated heterocycles. The van der Waals surface area contributed by atoms with Gasteiger partial charge in [0.25, 0.3) is 0 Å². The predicted molar refractivity (Wildman–Crippen MR) is 84.1 cm³/mol. The quantitative estimate of drug-likeness (QED) is 0.767. The van der Waals surface area contributed by atoms with E-state index < -0.39 is 0 Å². The van der Waals surface area contributed by atoms with Crippen molar-refractivity contribution in [1.29, 1.82) is 0 Å². The largest absolute Gasteiger partial charge is 0.368 e. The molecule has 1 fully saturated rings. The number of unbranched alkanes of at least 4 members (excludes halogenated alkanes) is 1. The maximum absolute atomic E-state index is 6.15. The number of nitrogens with one attached hydrogen (secondary N) is 1. The Labute approximate surface area is 122 Å². The maximum atomic E-state index is 6.15. The summed E-state index contributed by atoms with van der Waals surface area (Å²) in [5.41, 5.74) is 2.71. The molecule has 2 nitrogen and oxygen atoms in total. The van der Waals surface area contributed by atoms with Crippen molar-refractivity contribution < 1.29 is 0 Å². The highest BCUT2D eigenvalue weighted by atomic mass is 35.5. The van der Waals surface area contributed by atoms with E-state index in [2.05, 4.69) is 36.2 Å². The van der Waals surface area contributed by atoms with Crippen LogP contribution in [-0.4, -0.2) is 19.1 Å². The Balaban J connectivity index is 2.18. The Morgan fingerprint density at radius 1 is 1.32 bits per heavy atom. The second kappa shape index (κ2) is 7.16. The monoisotopic (exact) mass is 280 g/mol. The molecule has 0 atom stereocenters. The van der Waals surface area contributed by atoms with E-state index in [1.54, 1.807) is 0 Å². The number of hydrogen-bond donors (Lipinski definition) is 1. The molecule has 2 rings (SSSR count). The van der Waals surface area contributed by atoms with E-state index in [4.69, 9.17) is 11.6 Å². The van der Waals surface area contributed by atoms with Crippen molar-refractivity contribution in [3.63, 3.8) is 0 Å². The molecule has 1 N–H and O–H groups in total. The molecule has 0 amide bonds. The highest BCUT2D eigenvalue weighted by Gasteiger charge is 2.29. The van der Waals surface area contributed by atoms with E-state index in [0.717, 1.165) is 24.2 Å². The average molecular weight is 281 g/mol. The molecule has 1 aromatic carbocycles. The minimum absolute atomic E-state index is 0.758. The van der Waals surface area contributed by atoms with Crippen molar-refractivity contribution in [3.8, 4) is 0 Å². The van der Waals surface area contributed by atoms with Crippen molar-refractivity contribution in [2.75, 3.05) is 18.0 Å². The Morgan fingerprint density at radius 2 is 2.11 bits per heavy atom. The summed E-state index contributed by atoms with van der Waals surface area (Å²) < 4.78 is 0. The number of anilines is 1. The lowest BCUT2D eigenvalue weighted by molar-refractivity contribution is 0.693. The highest BCUT2D eigenvalue weighted by molar-refractivity contribution is 6.30. The van der Waals surface area contributed by atoms with Crippen LogP contribution in [0.1, 0.15) is 45.1 Å². The predicted octanol–water partition coefficient (Wildman–Crippen LogP) is 4.22. The van der Waals surface area contributed by atoms with Gasteiger partial charge in [0.2, 0.25) is 0 Å². The molecule has 19 heavy (non-hydrogen) atoms. The number of benzene rings is 1. The lowest BCUT2D eigenvalue weighted by Crippen LogP contribution is -2.28. The molecule has 0 spiro atoms. The van der Waals surface area contributed by atoms with Crippen LogP contribution in [-0.2, 0) is 6.54 Å². The first-order chi connectivity index (χ1) is 9.26. The zero-order valence-electron chi connectivity index (χ0n) is 12.1. The number of hydrogen-bond acceptors (Lipinski definition) is 2. The molecule has 0 heterocycles. The summed E-state index contributed by atoms with van der Waals surface area (Å²) in [5.74, 6) is 0. The first-order valence-corrected chi connectivity index (χ1v) is 7.89. The van der Waals surface area contributed by atoms with Gasteiger partial charge in [-0.2, -0.15) is 0 Å². The molecular weight excluding hydrogens is 256 g/mol. The molecule has 106 valence electrons. The average Bonchev–Trinajstić information content (AvgIpc) is 3.23. The Bertz CT molecular complexity index is 402. The third-order valence-electron chi connectivity index (χ3n) is 3.66. The SMILES string of the molecule is CCCCN(c1ccc(Cl)cc1CNCC)C1CC1. The summed E-state index contributed by atoms with van der Waals surface area (Å²) in [6.45, 7) is 7.46. The minimum Gasteiger partial charge on any atom is -0.368 e. The Hall–Kier alpha value is -0.730. The normalized spacial score (nSPS) is 14.7. The number of nitrogens with zero attached hydrogens (tertiary/aromatic N) is 1. The van der Waals surface area contributed by atoms with Gasteiger partial charge in [0.05, 0.1) is 0 Å². The van der Waals surface area contributed by atoms with Crippen LogP contribution in [0.15, 0.2) is 18.2 Å². The summed E-state index contributed by atoms with van der Waals surface area (Å²) in [5, 5.41) is 4.25. The van der Waals surface area contributed by atoms with Crippen molar-refractivity contribution in [1.82, 2.24) is 5.32 Å². The third kappa shape index (κ3) is 4.12. The van der Waals surface area contributed by atoms with E-state index >= 15 is 0 Å². The van der Waals surface area contributed by atoms with Crippen LogP contribution >= 0.6 is 11.6 Å². The van der Waals surface area contributed by atoms with E-state index in [0.29, 0.717) is 0 Å². The van der Waals surface area contributed by atoms with Gasteiger partial charge in [-0.05, 0) is 49.6 Å². The molecule has 1 aliphatic rings. The van der Waals surface area contributed by atoms with Gasteiger partial charge in [0.1, 0.15) is 0 Å². The molecule has 0 bridgehead atoms. The van der Waals surface area contributed by atoms with E-state index in [9.17, 15) is 0 Å². The van der Waals surface area contributed by atoms with Crippen LogP contribution in [0.4, 0.5) is 5.69 Å². The van der Waals surface area contributed by atoms with Crippen molar-refractivity contribution in [2.45, 2.75) is 52.1 Å². The Kier molecular flexibility index (Phi) is 5.53. The smallest absolute Gasteiger partial charge is 0.0415 e. The lowest BCUT2D eigenvalue weighted by Gasteiger charge is -2.27. The fraction of sp³-hybridized carbons (Fsp3) is 0.625. The van der Waals surface area contributed by atoms with Crippen LogP contribution in [0, 0.1) is 0 Å². The molecule has 0 aliphatic heterocycles. The van der Waals surface area contributed by atoms with Gasteiger partial charge in [-0.15, -0.1) is 0 Å². The molecule has 0 radical (unpaired) electrons. The van der Waals surface area contributed by atoms with Crippen LogP contribution < -0.4 is 10.2 Å². The van der Waals surface area contributed by atoms with Gasteiger partial charge >= 0.3 is 0 Å². The fourth-order valence-electron chi connectivity index (χ4n) is 2.45. The molecule has 0 aromatic heterocycles. The summed E-state index contributed by atoms with van der Waals surface area (Å²) in [6.07, 6.45) is 5.19. The van der Waals surface area contributed by atoms with E-state index in [-0.39, 0.29) is 0 Å². The standard InChI is InChI=1S/C16H25ClN2/c1-3-5-10-19(15-7-8-15)16-9-6-14(17)11-13(16)12-18-4-2/h6,9,11,15,18H,3-5,7-8,10,12H2,1-2H3. The van der Waals surface area contributed by atoms with Gasteiger partial charge in [0.15, 0.2) is 0 Å². The molecule has 1 saturated carbocycles. The van der Waals surface area contributed by atoms with Crippen LogP contribution in [0.5, 0.6) is 0 Å². The van der Waals surface area contributed by atoms with Crippen molar-refractivity contribution in [3.05, 3.63) is 28.8 Å². The van der Waals surface area contributed by atoms with Gasteiger partial charge < -0.3 is 10.2 Å². The minimum atomic E-state index is 0.758. The summed E-state index contributed by atoms with van der Waals surface area (Å²) >= 11 is 6.15. The lowest BCUT2D eigenvalue weighted by atomic mass is 10.1. The zero-order chi connectivity index (χ0) is 13.7. The van der Waals surface area contributed by atoms with E-state index in [1.165, 1.54) is 43.5 Å².